The highest BCUT2D eigenvalue weighted by Gasteiger charge is 2.21. The smallest absolute Gasteiger partial charge is 0.234 e. The Kier molecular flexibility index (Phi) is 7.23. The monoisotopic (exact) mass is 538 g/mol. The topological polar surface area (TPSA) is 89.3 Å². The first kappa shape index (κ1) is 23.8. The molecule has 0 aliphatic carbocycles. The summed E-state index contributed by atoms with van der Waals surface area (Å²) in [4.78, 5) is 12.6. The van der Waals surface area contributed by atoms with Crippen molar-refractivity contribution < 1.29 is 14.6 Å². The van der Waals surface area contributed by atoms with Crippen molar-refractivity contribution in [2.75, 3.05) is 18.2 Å². The summed E-state index contributed by atoms with van der Waals surface area (Å²) in [7, 11) is 1.58. The van der Waals surface area contributed by atoms with E-state index in [1.807, 2.05) is 42.7 Å². The second-order valence-corrected chi connectivity index (χ2v) is 9.52. The van der Waals surface area contributed by atoms with Crippen LogP contribution in [0.2, 0.25) is 0 Å². The van der Waals surface area contributed by atoms with Gasteiger partial charge in [-0.1, -0.05) is 51.5 Å². The van der Waals surface area contributed by atoms with E-state index in [1.54, 1.807) is 37.4 Å². The van der Waals surface area contributed by atoms with Gasteiger partial charge in [0, 0.05) is 16.2 Å². The van der Waals surface area contributed by atoms with Crippen LogP contribution in [0, 0.1) is 13.8 Å². The highest BCUT2D eigenvalue weighted by atomic mass is 79.9. The summed E-state index contributed by atoms with van der Waals surface area (Å²) in [6.45, 7) is 4.04. The van der Waals surface area contributed by atoms with Gasteiger partial charge in [0.15, 0.2) is 11.0 Å². The zero-order valence-electron chi connectivity index (χ0n) is 18.9. The first-order valence-electron chi connectivity index (χ1n) is 10.4. The number of hydrogen-bond acceptors (Lipinski definition) is 6. The Morgan fingerprint density at radius 1 is 1.12 bits per heavy atom. The summed E-state index contributed by atoms with van der Waals surface area (Å²) < 4.78 is 7.89. The van der Waals surface area contributed by atoms with E-state index in [9.17, 15) is 9.90 Å². The van der Waals surface area contributed by atoms with Crippen molar-refractivity contribution in [1.29, 1.82) is 0 Å². The molecule has 0 aliphatic heterocycles. The number of phenolic OH excluding ortho intramolecular Hbond substituents is 1. The highest BCUT2D eigenvalue weighted by Crippen LogP contribution is 2.35. The standard InChI is InChI=1S/C25H23BrN4O3S/c1-15-7-9-21(16(2)11-15)30-24(20-12-17(26)8-10-22(20)31)28-29-25(30)34-14-23(32)27-18-5-4-6-19(13-18)33-3/h4-13,31H,14H2,1-3H3,(H,27,32). The lowest BCUT2D eigenvalue weighted by atomic mass is 10.1. The Hall–Kier alpha value is -3.30. The summed E-state index contributed by atoms with van der Waals surface area (Å²) in [5.74, 6) is 1.19. The number of methoxy groups -OCH3 is 1. The third-order valence-electron chi connectivity index (χ3n) is 5.11. The second-order valence-electron chi connectivity index (χ2n) is 7.66. The fourth-order valence-corrected chi connectivity index (χ4v) is 4.63. The Labute approximate surface area is 210 Å². The predicted molar refractivity (Wildman–Crippen MR) is 138 cm³/mol. The van der Waals surface area contributed by atoms with Crippen LogP contribution in [0.25, 0.3) is 17.1 Å². The Morgan fingerprint density at radius 2 is 1.94 bits per heavy atom. The summed E-state index contributed by atoms with van der Waals surface area (Å²) in [6, 6.07) is 18.4. The summed E-state index contributed by atoms with van der Waals surface area (Å²) in [5.41, 5.74) is 4.22. The molecule has 7 nitrogen and oxygen atoms in total. The first-order chi connectivity index (χ1) is 16.4. The molecule has 0 unspecified atom stereocenters. The average Bonchev–Trinajstić information content (AvgIpc) is 3.23. The maximum atomic E-state index is 12.6. The minimum Gasteiger partial charge on any atom is -0.507 e. The minimum atomic E-state index is -0.180. The second kappa shape index (κ2) is 10.3. The van der Waals surface area contributed by atoms with Crippen LogP contribution in [0.5, 0.6) is 11.5 Å². The van der Waals surface area contributed by atoms with E-state index in [0.717, 1.165) is 21.3 Å². The summed E-state index contributed by atoms with van der Waals surface area (Å²) in [5, 5.41) is 22.7. The number of carbonyl (C=O) groups excluding carboxylic acids is 1. The zero-order valence-corrected chi connectivity index (χ0v) is 21.3. The van der Waals surface area contributed by atoms with Gasteiger partial charge in [0.05, 0.1) is 24.1 Å². The molecule has 4 rings (SSSR count). The molecule has 0 aliphatic rings. The number of aromatic nitrogens is 3. The quantitative estimate of drug-likeness (QED) is 0.291. The third-order valence-corrected chi connectivity index (χ3v) is 6.53. The highest BCUT2D eigenvalue weighted by molar-refractivity contribution is 9.10. The van der Waals surface area contributed by atoms with Crippen molar-refractivity contribution in [3.63, 3.8) is 0 Å². The number of anilines is 1. The molecule has 1 aromatic heterocycles. The van der Waals surface area contributed by atoms with Crippen molar-refractivity contribution in [3.05, 3.63) is 76.3 Å². The maximum Gasteiger partial charge on any atom is 0.234 e. The van der Waals surface area contributed by atoms with Crippen LogP contribution < -0.4 is 10.1 Å². The number of aryl methyl sites for hydroxylation is 2. The van der Waals surface area contributed by atoms with Gasteiger partial charge < -0.3 is 15.2 Å². The molecule has 0 atom stereocenters. The van der Waals surface area contributed by atoms with Gasteiger partial charge in [-0.2, -0.15) is 0 Å². The molecular formula is C25H23BrN4O3S. The number of carbonyl (C=O) groups is 1. The number of aromatic hydroxyl groups is 1. The number of ether oxygens (including phenoxy) is 1. The third kappa shape index (κ3) is 5.26. The summed E-state index contributed by atoms with van der Waals surface area (Å²) in [6.07, 6.45) is 0. The van der Waals surface area contributed by atoms with Crippen molar-refractivity contribution in [1.82, 2.24) is 14.8 Å². The van der Waals surface area contributed by atoms with Crippen molar-refractivity contribution >= 4 is 39.3 Å². The number of thioether (sulfide) groups is 1. The van der Waals surface area contributed by atoms with Gasteiger partial charge in [0.25, 0.3) is 0 Å². The number of halogens is 1. The minimum absolute atomic E-state index is 0.0916. The molecule has 1 amide bonds. The lowest BCUT2D eigenvalue weighted by Crippen LogP contribution is -2.14. The van der Waals surface area contributed by atoms with Crippen molar-refractivity contribution in [2.45, 2.75) is 19.0 Å². The molecule has 0 fully saturated rings. The SMILES string of the molecule is COc1cccc(NC(=O)CSc2nnc(-c3cc(Br)ccc3O)n2-c2ccc(C)cc2C)c1. The molecule has 4 aromatic rings. The lowest BCUT2D eigenvalue weighted by molar-refractivity contribution is -0.113. The van der Waals surface area contributed by atoms with Crippen molar-refractivity contribution in [3.8, 4) is 28.6 Å². The van der Waals surface area contributed by atoms with E-state index >= 15 is 0 Å². The van der Waals surface area contributed by atoms with Crippen LogP contribution in [0.3, 0.4) is 0 Å². The normalized spacial score (nSPS) is 10.8. The van der Waals surface area contributed by atoms with E-state index in [0.29, 0.717) is 28.0 Å². The van der Waals surface area contributed by atoms with E-state index < -0.39 is 0 Å². The average molecular weight is 539 g/mol. The van der Waals surface area contributed by atoms with Crippen LogP contribution in [0.15, 0.2) is 70.3 Å². The van der Waals surface area contributed by atoms with Crippen LogP contribution in [0.4, 0.5) is 5.69 Å². The fourth-order valence-electron chi connectivity index (χ4n) is 3.53. The van der Waals surface area contributed by atoms with Gasteiger partial charge in [0.2, 0.25) is 5.91 Å². The molecule has 174 valence electrons. The van der Waals surface area contributed by atoms with Crippen LogP contribution >= 0.6 is 27.7 Å². The number of phenols is 1. The number of nitrogens with zero attached hydrogens (tertiary/aromatic N) is 3. The number of rotatable bonds is 7. The molecule has 1 heterocycles. The zero-order chi connectivity index (χ0) is 24.2. The molecule has 0 saturated carbocycles. The molecule has 0 saturated heterocycles. The van der Waals surface area contributed by atoms with Gasteiger partial charge >= 0.3 is 0 Å². The fraction of sp³-hybridized carbons (Fsp3) is 0.160. The molecular weight excluding hydrogens is 516 g/mol. The number of nitrogens with one attached hydrogen (secondary N) is 1. The predicted octanol–water partition coefficient (Wildman–Crippen LogP) is 5.76. The Balaban J connectivity index is 1.66. The maximum absolute atomic E-state index is 12.6. The molecule has 0 bridgehead atoms. The van der Waals surface area contributed by atoms with E-state index in [4.69, 9.17) is 4.74 Å². The van der Waals surface area contributed by atoms with Gasteiger partial charge in [0.1, 0.15) is 11.5 Å². The molecule has 2 N–H and O–H groups in total. The molecule has 9 heteroatoms. The Morgan fingerprint density at radius 3 is 2.71 bits per heavy atom. The first-order valence-corrected chi connectivity index (χ1v) is 12.2. The molecule has 0 spiro atoms. The van der Waals surface area contributed by atoms with E-state index in [1.165, 1.54) is 11.8 Å². The molecule has 0 radical (unpaired) electrons. The summed E-state index contributed by atoms with van der Waals surface area (Å²) >= 11 is 4.73. The van der Waals surface area contributed by atoms with Crippen LogP contribution in [-0.2, 0) is 4.79 Å². The van der Waals surface area contributed by atoms with Gasteiger partial charge in [-0.25, -0.2) is 0 Å². The van der Waals surface area contributed by atoms with Gasteiger partial charge in [-0.15, -0.1) is 10.2 Å². The molecule has 3 aromatic carbocycles. The Bertz CT molecular complexity index is 1360. The van der Waals surface area contributed by atoms with Gasteiger partial charge in [-0.3, -0.25) is 9.36 Å². The number of amides is 1. The van der Waals surface area contributed by atoms with Crippen LogP contribution in [-0.4, -0.2) is 38.6 Å². The van der Waals surface area contributed by atoms with E-state index in [2.05, 4.69) is 37.5 Å². The largest absolute Gasteiger partial charge is 0.507 e. The van der Waals surface area contributed by atoms with Crippen molar-refractivity contribution in [2.24, 2.45) is 0 Å². The van der Waals surface area contributed by atoms with E-state index in [-0.39, 0.29) is 17.4 Å². The lowest BCUT2D eigenvalue weighted by Gasteiger charge is -2.14. The van der Waals surface area contributed by atoms with Gasteiger partial charge in [-0.05, 0) is 55.8 Å². The van der Waals surface area contributed by atoms with Crippen LogP contribution in [0.1, 0.15) is 11.1 Å². The number of hydrogen-bond donors (Lipinski definition) is 2. The molecule has 34 heavy (non-hydrogen) atoms. The number of benzene rings is 3.